The van der Waals surface area contributed by atoms with E-state index in [-0.39, 0.29) is 52.7 Å². The van der Waals surface area contributed by atoms with Gasteiger partial charge in [0.2, 0.25) is 21.8 Å². The van der Waals surface area contributed by atoms with Crippen molar-refractivity contribution in [1.29, 1.82) is 0 Å². The molecular weight excluding hydrogens is 452 g/mol. The predicted octanol–water partition coefficient (Wildman–Crippen LogP) is 1.65. The van der Waals surface area contributed by atoms with E-state index in [1.165, 1.54) is 0 Å². The fourth-order valence-electron chi connectivity index (χ4n) is 6.17. The Morgan fingerprint density at radius 3 is 2.50 bits per heavy atom. The maximum absolute atomic E-state index is 13.3. The number of hydrogen-bond donors (Lipinski definition) is 2. The average Bonchev–Trinajstić information content (AvgIpc) is 3.20. The minimum Gasteiger partial charge on any atom is -0.366 e. The Labute approximate surface area is 193 Å². The smallest absolute Gasteiger partial charge is 0.250 e. The summed E-state index contributed by atoms with van der Waals surface area (Å²) >= 11 is 6.27. The first-order valence-corrected chi connectivity index (χ1v) is 13.4. The van der Waals surface area contributed by atoms with E-state index in [2.05, 4.69) is 5.32 Å². The summed E-state index contributed by atoms with van der Waals surface area (Å²) in [5, 5.41) is 3.54. The van der Waals surface area contributed by atoms with Crippen LogP contribution in [0.25, 0.3) is 0 Å². The van der Waals surface area contributed by atoms with Crippen LogP contribution in [0.1, 0.15) is 54.4 Å². The molecule has 8 nitrogen and oxygen atoms in total. The van der Waals surface area contributed by atoms with Crippen molar-refractivity contribution in [3.8, 4) is 0 Å². The van der Waals surface area contributed by atoms with Gasteiger partial charge in [0.05, 0.1) is 22.8 Å². The van der Waals surface area contributed by atoms with Crippen molar-refractivity contribution in [3.05, 3.63) is 28.3 Å². The molecule has 0 aromatic heterocycles. The fraction of sp³-hybridized carbons (Fsp3) is 0.636. The zero-order valence-corrected chi connectivity index (χ0v) is 19.5. The van der Waals surface area contributed by atoms with Crippen LogP contribution >= 0.6 is 11.6 Å². The van der Waals surface area contributed by atoms with Gasteiger partial charge in [0, 0.05) is 23.8 Å². The van der Waals surface area contributed by atoms with Crippen LogP contribution in [0.2, 0.25) is 5.02 Å². The zero-order valence-electron chi connectivity index (χ0n) is 17.9. The van der Waals surface area contributed by atoms with Crippen molar-refractivity contribution in [2.75, 3.05) is 23.7 Å². The molecule has 3 fully saturated rings. The summed E-state index contributed by atoms with van der Waals surface area (Å²) in [4.78, 5) is 26.3. The number of carbonyl (C=O) groups is 2. The number of anilines is 1. The summed E-state index contributed by atoms with van der Waals surface area (Å²) in [6.45, 7) is 1.72. The second kappa shape index (κ2) is 8.27. The van der Waals surface area contributed by atoms with Crippen LogP contribution in [0.4, 0.5) is 5.69 Å². The van der Waals surface area contributed by atoms with Crippen LogP contribution in [-0.2, 0) is 21.2 Å². The number of nitrogens with one attached hydrogen (secondary N) is 1. The predicted molar refractivity (Wildman–Crippen MR) is 122 cm³/mol. The highest BCUT2D eigenvalue weighted by Gasteiger charge is 2.50. The Bertz CT molecular complexity index is 1040. The van der Waals surface area contributed by atoms with Crippen LogP contribution in [0.15, 0.2) is 12.1 Å². The molecule has 32 heavy (non-hydrogen) atoms. The minimum absolute atomic E-state index is 0.0355. The lowest BCUT2D eigenvalue weighted by Crippen LogP contribution is -2.54. The van der Waals surface area contributed by atoms with Crippen LogP contribution < -0.4 is 16.0 Å². The van der Waals surface area contributed by atoms with Gasteiger partial charge < -0.3 is 16.0 Å². The lowest BCUT2D eigenvalue weighted by atomic mass is 9.97. The number of primary amides is 1. The topological polar surface area (TPSA) is 113 Å². The molecular formula is C22H29ClN4O4S. The van der Waals surface area contributed by atoms with E-state index >= 15 is 0 Å². The van der Waals surface area contributed by atoms with E-state index in [9.17, 15) is 18.0 Å². The number of fused-ring (bicyclic) bond motifs is 3. The molecule has 2 amide bonds. The van der Waals surface area contributed by atoms with Gasteiger partial charge in [-0.05, 0) is 75.2 Å². The van der Waals surface area contributed by atoms with Gasteiger partial charge in [-0.1, -0.05) is 11.6 Å². The lowest BCUT2D eigenvalue weighted by Gasteiger charge is -2.42. The number of carbonyl (C=O) groups excluding carboxylic acids is 2. The molecule has 0 radical (unpaired) electrons. The van der Waals surface area contributed by atoms with Gasteiger partial charge >= 0.3 is 0 Å². The summed E-state index contributed by atoms with van der Waals surface area (Å²) in [6.07, 6.45) is 5.09. The highest BCUT2D eigenvalue weighted by molar-refractivity contribution is 7.89. The van der Waals surface area contributed by atoms with Gasteiger partial charge in [0.25, 0.3) is 0 Å². The number of piperidine rings is 2. The molecule has 4 aliphatic rings. The number of rotatable bonds is 5. The van der Waals surface area contributed by atoms with E-state index in [1.807, 2.05) is 0 Å². The van der Waals surface area contributed by atoms with Crippen molar-refractivity contribution < 1.29 is 18.0 Å². The Hall–Kier alpha value is -1.68. The lowest BCUT2D eigenvalue weighted by molar-refractivity contribution is -0.118. The molecule has 3 atom stereocenters. The number of nitrogens with two attached hydrogens (primary N) is 1. The van der Waals surface area contributed by atoms with Gasteiger partial charge in [-0.15, -0.1) is 0 Å². The third kappa shape index (κ3) is 3.83. The molecule has 5 rings (SSSR count). The van der Waals surface area contributed by atoms with Crippen molar-refractivity contribution in [2.45, 2.75) is 63.1 Å². The number of benzene rings is 1. The van der Waals surface area contributed by atoms with E-state index in [4.69, 9.17) is 17.3 Å². The summed E-state index contributed by atoms with van der Waals surface area (Å²) < 4.78 is 28.4. The van der Waals surface area contributed by atoms with Gasteiger partial charge in [-0.25, -0.2) is 8.42 Å². The molecule has 0 spiro atoms. The second-order valence-corrected chi connectivity index (χ2v) is 11.9. The molecule has 2 unspecified atom stereocenters. The first-order chi connectivity index (χ1) is 15.2. The third-order valence-corrected chi connectivity index (χ3v) is 9.92. The summed E-state index contributed by atoms with van der Waals surface area (Å²) in [5.74, 6) is -0.283. The van der Waals surface area contributed by atoms with Crippen LogP contribution in [0.5, 0.6) is 0 Å². The summed E-state index contributed by atoms with van der Waals surface area (Å²) in [7, 11) is -3.34. The van der Waals surface area contributed by atoms with Crippen LogP contribution in [-0.4, -0.2) is 61.5 Å². The van der Waals surface area contributed by atoms with Gasteiger partial charge in [-0.3, -0.25) is 9.59 Å². The first kappa shape index (κ1) is 22.1. The largest absolute Gasteiger partial charge is 0.366 e. The maximum Gasteiger partial charge on any atom is 0.250 e. The van der Waals surface area contributed by atoms with Crippen molar-refractivity contribution >= 4 is 39.1 Å². The van der Waals surface area contributed by atoms with E-state index in [0.29, 0.717) is 12.8 Å². The van der Waals surface area contributed by atoms with Gasteiger partial charge in [-0.2, -0.15) is 4.31 Å². The molecule has 1 aromatic rings. The number of halogens is 1. The maximum atomic E-state index is 13.3. The molecule has 174 valence electrons. The molecule has 2 bridgehead atoms. The standard InChI is InChI=1S/C22H29ClN4O4S/c23-19-10-20-14(6-18(19)22(24)29)7-21(28)26(20)17-8-15-3-4-16(9-17)27(15)32(30,31)12-13-2-1-5-25-11-13/h6,10,13,15-17,25H,1-5,7-9,11-12H2,(H2,24,29)/t13-,15?,16?,17?/m1/s1. The van der Waals surface area contributed by atoms with Crippen molar-refractivity contribution in [2.24, 2.45) is 11.7 Å². The van der Waals surface area contributed by atoms with Crippen LogP contribution in [0.3, 0.4) is 0 Å². The molecule has 0 aliphatic carbocycles. The average molecular weight is 481 g/mol. The van der Waals surface area contributed by atoms with E-state index in [1.54, 1.807) is 21.3 Å². The fourth-order valence-corrected chi connectivity index (χ4v) is 8.76. The molecule has 4 heterocycles. The van der Waals surface area contributed by atoms with Crippen molar-refractivity contribution in [1.82, 2.24) is 9.62 Å². The monoisotopic (exact) mass is 480 g/mol. The number of hydrogen-bond acceptors (Lipinski definition) is 5. The summed E-state index contributed by atoms with van der Waals surface area (Å²) in [5.41, 5.74) is 7.09. The number of amides is 2. The van der Waals surface area contributed by atoms with Gasteiger partial charge in [0.1, 0.15) is 0 Å². The number of nitrogens with zero attached hydrogens (tertiary/aromatic N) is 2. The Morgan fingerprint density at radius 1 is 1.16 bits per heavy atom. The summed E-state index contributed by atoms with van der Waals surface area (Å²) in [6, 6.07) is 3.06. The minimum atomic E-state index is -3.34. The van der Waals surface area contributed by atoms with E-state index < -0.39 is 15.9 Å². The zero-order chi connectivity index (χ0) is 22.6. The Kier molecular flexibility index (Phi) is 5.72. The molecule has 1 aromatic carbocycles. The second-order valence-electron chi connectivity index (χ2n) is 9.60. The number of sulfonamides is 1. The molecule has 3 N–H and O–H groups in total. The third-order valence-electron chi connectivity index (χ3n) is 7.48. The molecule has 4 aliphatic heterocycles. The molecule has 3 saturated heterocycles. The highest BCUT2D eigenvalue weighted by atomic mass is 35.5. The van der Waals surface area contributed by atoms with Crippen LogP contribution in [0, 0.1) is 5.92 Å². The Balaban J connectivity index is 1.36. The normalized spacial score (nSPS) is 30.5. The highest BCUT2D eigenvalue weighted by Crippen LogP contribution is 2.44. The molecule has 10 heteroatoms. The van der Waals surface area contributed by atoms with Crippen molar-refractivity contribution in [3.63, 3.8) is 0 Å². The van der Waals surface area contributed by atoms with E-state index in [0.717, 1.165) is 50.0 Å². The quantitative estimate of drug-likeness (QED) is 0.665. The SMILES string of the molecule is NC(=O)c1cc2c(cc1Cl)N(C1CC3CCC(C1)N3S(=O)(=O)C[C@@H]1CCCNC1)C(=O)C2. The van der Waals surface area contributed by atoms with Gasteiger partial charge in [0.15, 0.2) is 0 Å². The molecule has 0 saturated carbocycles. The Morgan fingerprint density at radius 2 is 1.88 bits per heavy atom. The first-order valence-electron chi connectivity index (χ1n) is 11.4.